The van der Waals surface area contributed by atoms with Gasteiger partial charge in [0.05, 0.1) is 0 Å². The smallest absolute Gasteiger partial charge is 0.475 e. The number of carbonyl (C=O) groups is 1. The van der Waals surface area contributed by atoms with Crippen molar-refractivity contribution in [2.75, 3.05) is 14.1 Å². The fourth-order valence-corrected chi connectivity index (χ4v) is 3.65. The Morgan fingerprint density at radius 2 is 1.90 bits per heavy atom. The predicted octanol–water partition coefficient (Wildman–Crippen LogP) is 4.00. The summed E-state index contributed by atoms with van der Waals surface area (Å²) in [7, 11) is 4.11. The third-order valence-corrected chi connectivity index (χ3v) is 4.92. The molecule has 0 amide bonds. The van der Waals surface area contributed by atoms with E-state index in [2.05, 4.69) is 66.7 Å². The van der Waals surface area contributed by atoms with E-state index in [0.717, 1.165) is 47.6 Å². The summed E-state index contributed by atoms with van der Waals surface area (Å²) in [5.41, 5.74) is 3.08. The lowest BCUT2D eigenvalue weighted by Gasteiger charge is -2.09. The number of aromatic nitrogens is 4. The lowest BCUT2D eigenvalue weighted by Crippen LogP contribution is -2.21. The fourth-order valence-electron chi connectivity index (χ4n) is 3.06. The van der Waals surface area contributed by atoms with E-state index in [0.29, 0.717) is 11.7 Å². The Kier molecular flexibility index (Phi) is 6.80. The van der Waals surface area contributed by atoms with Crippen LogP contribution >= 0.6 is 15.9 Å². The van der Waals surface area contributed by atoms with Gasteiger partial charge in [0.1, 0.15) is 16.1 Å². The average Bonchev–Trinajstić information content (AvgIpc) is 3.37. The van der Waals surface area contributed by atoms with Gasteiger partial charge in [-0.15, -0.1) is 0 Å². The normalized spacial score (nSPS) is 13.1. The Hall–Kier alpha value is -2.73. The zero-order chi connectivity index (χ0) is 22.8. The van der Waals surface area contributed by atoms with E-state index < -0.39 is 12.1 Å². The summed E-state index contributed by atoms with van der Waals surface area (Å²) >= 11 is 3.51. The van der Waals surface area contributed by atoms with Gasteiger partial charge in [-0.2, -0.15) is 18.2 Å². The number of halogens is 4. The minimum atomic E-state index is -5.08. The van der Waals surface area contributed by atoms with Crippen molar-refractivity contribution in [2.24, 2.45) is 0 Å². The van der Waals surface area contributed by atoms with E-state index in [1.165, 1.54) is 5.56 Å². The second-order valence-electron chi connectivity index (χ2n) is 7.08. The molecule has 0 saturated carbocycles. The van der Waals surface area contributed by atoms with E-state index in [1.807, 2.05) is 12.1 Å². The van der Waals surface area contributed by atoms with Crippen LogP contribution in [-0.4, -0.2) is 55.9 Å². The highest BCUT2D eigenvalue weighted by molar-refractivity contribution is 9.10. The number of rotatable bonds is 4. The summed E-state index contributed by atoms with van der Waals surface area (Å²) in [6, 6.07) is 8.25. The molecule has 0 spiro atoms. The van der Waals surface area contributed by atoms with Crippen molar-refractivity contribution < 1.29 is 27.6 Å². The molecule has 12 heteroatoms. The van der Waals surface area contributed by atoms with Crippen LogP contribution in [0.15, 0.2) is 33.4 Å². The molecule has 0 saturated heterocycles. The van der Waals surface area contributed by atoms with Crippen LogP contribution < -0.4 is 0 Å². The van der Waals surface area contributed by atoms with E-state index in [-0.39, 0.29) is 0 Å². The summed E-state index contributed by atoms with van der Waals surface area (Å²) in [4.78, 5) is 20.1. The molecule has 1 aliphatic rings. The number of carboxylic acids is 1. The molecule has 4 rings (SSSR count). The van der Waals surface area contributed by atoms with Crippen molar-refractivity contribution >= 4 is 21.9 Å². The average molecular weight is 502 g/mol. The minimum Gasteiger partial charge on any atom is -0.475 e. The van der Waals surface area contributed by atoms with Gasteiger partial charge in [0.25, 0.3) is 5.89 Å². The van der Waals surface area contributed by atoms with Gasteiger partial charge in [-0.1, -0.05) is 29.4 Å². The summed E-state index contributed by atoms with van der Waals surface area (Å²) in [5, 5.41) is 11.3. The maximum Gasteiger partial charge on any atom is 0.490 e. The Morgan fingerprint density at radius 1 is 1.26 bits per heavy atom. The highest BCUT2D eigenvalue weighted by Crippen LogP contribution is 2.32. The number of fused-ring (bicyclic) bond motifs is 1. The molecular weight excluding hydrogens is 483 g/mol. The third kappa shape index (κ3) is 5.50. The van der Waals surface area contributed by atoms with Crippen LogP contribution in [-0.2, 0) is 24.3 Å². The van der Waals surface area contributed by atoms with Crippen molar-refractivity contribution in [2.45, 2.75) is 32.1 Å². The molecule has 31 heavy (non-hydrogen) atoms. The zero-order valence-electron chi connectivity index (χ0n) is 16.6. The van der Waals surface area contributed by atoms with Crippen LogP contribution in [0.5, 0.6) is 0 Å². The Labute approximate surface area is 183 Å². The van der Waals surface area contributed by atoms with Crippen LogP contribution in [0.1, 0.15) is 17.8 Å². The van der Waals surface area contributed by atoms with Crippen LogP contribution in [0, 0.1) is 0 Å². The molecule has 1 N–H and O–H groups in total. The molecule has 0 bridgehead atoms. The fraction of sp³-hybridized carbons (Fsp3) is 0.368. The van der Waals surface area contributed by atoms with Crippen molar-refractivity contribution in [3.05, 3.63) is 40.3 Å². The van der Waals surface area contributed by atoms with E-state index >= 15 is 0 Å². The molecule has 166 valence electrons. The van der Waals surface area contributed by atoms with Crippen LogP contribution in [0.25, 0.3) is 23.0 Å². The molecule has 8 nitrogen and oxygen atoms in total. The Balaban J connectivity index is 0.000000339. The lowest BCUT2D eigenvalue weighted by atomic mass is 10.1. The number of aryl methyl sites for hydroxylation is 1. The van der Waals surface area contributed by atoms with Gasteiger partial charge in [0.15, 0.2) is 0 Å². The molecule has 0 unspecified atom stereocenters. The first kappa shape index (κ1) is 22.9. The molecule has 2 aromatic heterocycles. The summed E-state index contributed by atoms with van der Waals surface area (Å²) < 4.78 is 40.2. The molecule has 1 aliphatic heterocycles. The number of alkyl halides is 3. The third-order valence-electron chi connectivity index (χ3n) is 4.37. The van der Waals surface area contributed by atoms with Gasteiger partial charge in [0.2, 0.25) is 5.82 Å². The zero-order valence-corrected chi connectivity index (χ0v) is 18.2. The summed E-state index contributed by atoms with van der Waals surface area (Å²) in [5.74, 6) is -0.575. The number of aliphatic carboxylic acids is 1. The van der Waals surface area contributed by atoms with Gasteiger partial charge in [-0.05, 0) is 42.0 Å². The second-order valence-corrected chi connectivity index (χ2v) is 7.83. The number of hydrogen-bond donors (Lipinski definition) is 1. The first-order chi connectivity index (χ1) is 14.6. The molecule has 3 aromatic rings. The molecule has 0 radical (unpaired) electrons. The van der Waals surface area contributed by atoms with Crippen molar-refractivity contribution in [1.29, 1.82) is 0 Å². The van der Waals surface area contributed by atoms with Gasteiger partial charge < -0.3 is 19.1 Å². The number of hydrogen-bond acceptors (Lipinski definition) is 6. The first-order valence-electron chi connectivity index (χ1n) is 9.19. The topological polar surface area (TPSA) is 97.3 Å². The quantitative estimate of drug-likeness (QED) is 0.576. The monoisotopic (exact) mass is 501 g/mol. The summed E-state index contributed by atoms with van der Waals surface area (Å²) in [6.07, 6.45) is -2.98. The first-order valence-corrected chi connectivity index (χ1v) is 9.98. The summed E-state index contributed by atoms with van der Waals surface area (Å²) in [6.45, 7) is 1.85. The number of carboxylic acid groups (broad SMARTS) is 1. The van der Waals surface area contributed by atoms with Gasteiger partial charge in [0, 0.05) is 25.1 Å². The Bertz CT molecular complexity index is 1060. The van der Waals surface area contributed by atoms with Gasteiger partial charge >= 0.3 is 12.1 Å². The second kappa shape index (κ2) is 9.18. The minimum absolute atomic E-state index is 0.509. The number of nitrogens with zero attached hydrogens (tertiary/aromatic N) is 5. The van der Waals surface area contributed by atoms with Crippen LogP contribution in [0.4, 0.5) is 13.2 Å². The lowest BCUT2D eigenvalue weighted by molar-refractivity contribution is -0.192. The van der Waals surface area contributed by atoms with Crippen LogP contribution in [0.2, 0.25) is 0 Å². The van der Waals surface area contributed by atoms with Gasteiger partial charge in [-0.3, -0.25) is 0 Å². The molecule has 3 heterocycles. The van der Waals surface area contributed by atoms with E-state index in [1.54, 1.807) is 0 Å². The highest BCUT2D eigenvalue weighted by Gasteiger charge is 2.38. The molecule has 1 aromatic carbocycles. The van der Waals surface area contributed by atoms with E-state index in [4.69, 9.17) is 14.4 Å². The Morgan fingerprint density at radius 3 is 2.48 bits per heavy atom. The molecule has 0 fully saturated rings. The maximum absolute atomic E-state index is 10.6. The van der Waals surface area contributed by atoms with E-state index in [9.17, 15) is 13.2 Å². The van der Waals surface area contributed by atoms with Gasteiger partial charge in [-0.25, -0.2) is 9.78 Å². The van der Waals surface area contributed by atoms with Crippen molar-refractivity contribution in [3.63, 3.8) is 0 Å². The van der Waals surface area contributed by atoms with Crippen molar-refractivity contribution in [1.82, 2.24) is 24.6 Å². The molecule has 0 aliphatic carbocycles. The molecular formula is C19H19BrF3N5O3. The highest BCUT2D eigenvalue weighted by atomic mass is 79.9. The van der Waals surface area contributed by atoms with Crippen LogP contribution in [0.3, 0.4) is 0 Å². The molecule has 0 atom stereocenters. The predicted molar refractivity (Wildman–Crippen MR) is 108 cm³/mol. The largest absolute Gasteiger partial charge is 0.490 e. The maximum atomic E-state index is 10.6. The number of benzene rings is 1. The van der Waals surface area contributed by atoms with Crippen molar-refractivity contribution in [3.8, 4) is 23.0 Å². The number of imidazole rings is 1. The standard InChI is InChI=1S/C17H18BrN5O.C2HF3O2/c1-22(2)10-11-5-7-12(8-6-11)16-20-17(24-21-16)14-15(18)19-13-4-3-9-23(13)14;3-2(4,5)1(6)7/h5-8H,3-4,9-10H2,1-2H3;(H,6,7). The SMILES string of the molecule is CN(C)Cc1ccc(-c2noc(-c3c(Br)nc4n3CCC4)n2)cc1.O=C(O)C(F)(F)F.